The molecule has 6 heteroatoms. The molecule has 21 heavy (non-hydrogen) atoms. The molecule has 0 nitrogen and oxygen atoms in total. The first-order chi connectivity index (χ1) is 9.92. The molecular weight excluding hydrogens is 299 g/mol. The zero-order valence-corrected chi connectivity index (χ0v) is 12.1. The molecule has 0 spiro atoms. The molecular formula is C15H15BF4S. The minimum atomic E-state index is -6.00. The summed E-state index contributed by atoms with van der Waals surface area (Å²) >= 11 is 0. The summed E-state index contributed by atoms with van der Waals surface area (Å²) in [7, 11) is -5.87. The van der Waals surface area contributed by atoms with E-state index in [9.17, 15) is 17.3 Å². The zero-order chi connectivity index (χ0) is 15.7. The Balaban J connectivity index is 0.000000383. The fraction of sp³-hybridized carbons (Fsp3) is 0.0667. The van der Waals surface area contributed by atoms with Crippen LogP contribution in [0.15, 0.2) is 83.1 Å². The Morgan fingerprint density at radius 2 is 1.14 bits per heavy atom. The highest BCUT2D eigenvalue weighted by Crippen LogP contribution is 2.23. The van der Waals surface area contributed by atoms with Gasteiger partial charge >= 0.3 is 7.25 Å². The Kier molecular flexibility index (Phi) is 7.09. The van der Waals surface area contributed by atoms with E-state index in [2.05, 4.69) is 67.2 Å². The quantitative estimate of drug-likeness (QED) is 0.314. The molecule has 0 N–H and O–H groups in total. The summed E-state index contributed by atoms with van der Waals surface area (Å²) in [5.74, 6) is 1.01. The van der Waals surface area contributed by atoms with Crippen LogP contribution < -0.4 is 0 Å². The highest BCUT2D eigenvalue weighted by atomic mass is 32.2. The van der Waals surface area contributed by atoms with E-state index in [4.69, 9.17) is 0 Å². The number of hydrogen-bond acceptors (Lipinski definition) is 0. The van der Waals surface area contributed by atoms with Gasteiger partial charge in [0.15, 0.2) is 9.79 Å². The van der Waals surface area contributed by atoms with Crippen molar-refractivity contribution in [3.05, 3.63) is 73.3 Å². The third kappa shape index (κ3) is 7.61. The van der Waals surface area contributed by atoms with Gasteiger partial charge in [-0.1, -0.05) is 43.0 Å². The van der Waals surface area contributed by atoms with Gasteiger partial charge in [0.25, 0.3) is 0 Å². The molecule has 0 saturated carbocycles. The molecule has 0 aliphatic heterocycles. The van der Waals surface area contributed by atoms with Gasteiger partial charge in [-0.2, -0.15) is 0 Å². The first kappa shape index (κ1) is 17.4. The molecule has 0 bridgehead atoms. The first-order valence-corrected chi connectivity index (χ1v) is 7.60. The summed E-state index contributed by atoms with van der Waals surface area (Å²) in [4.78, 5) is 2.77. The second-order valence-electron chi connectivity index (χ2n) is 3.97. The number of benzene rings is 2. The van der Waals surface area contributed by atoms with Crippen LogP contribution in [0.4, 0.5) is 17.3 Å². The maximum absolute atomic E-state index is 9.75. The average Bonchev–Trinajstić information content (AvgIpc) is 2.45. The molecule has 0 fully saturated rings. The minimum Gasteiger partial charge on any atom is -0.418 e. The van der Waals surface area contributed by atoms with Crippen molar-refractivity contribution in [2.24, 2.45) is 0 Å². The Hall–Kier alpha value is -1.69. The monoisotopic (exact) mass is 314 g/mol. The SMILES string of the molecule is C=CC[S+](c1ccccc1)c1ccccc1.F[B-](F)(F)F. The van der Waals surface area contributed by atoms with Gasteiger partial charge in [0.05, 0.1) is 10.9 Å². The highest BCUT2D eigenvalue weighted by Gasteiger charge is 2.22. The van der Waals surface area contributed by atoms with Gasteiger partial charge in [-0.25, -0.2) is 0 Å². The molecule has 0 atom stereocenters. The van der Waals surface area contributed by atoms with Crippen molar-refractivity contribution in [2.45, 2.75) is 9.79 Å². The van der Waals surface area contributed by atoms with Gasteiger partial charge < -0.3 is 17.3 Å². The Labute approximate surface area is 125 Å². The summed E-state index contributed by atoms with van der Waals surface area (Å²) in [5, 5.41) is 0. The number of rotatable bonds is 4. The summed E-state index contributed by atoms with van der Waals surface area (Å²) in [6.07, 6.45) is 2.00. The smallest absolute Gasteiger partial charge is 0.418 e. The van der Waals surface area contributed by atoms with Crippen molar-refractivity contribution >= 4 is 18.1 Å². The van der Waals surface area contributed by atoms with Crippen LogP contribution in [-0.2, 0) is 10.9 Å². The Bertz CT molecular complexity index is 483. The fourth-order valence-corrected chi connectivity index (χ4v) is 3.48. The predicted octanol–water partition coefficient (Wildman–Crippen LogP) is 5.21. The van der Waals surface area contributed by atoms with Gasteiger partial charge in [0.2, 0.25) is 0 Å². The van der Waals surface area contributed by atoms with Crippen LogP contribution in [0.3, 0.4) is 0 Å². The summed E-state index contributed by atoms with van der Waals surface area (Å²) in [6.45, 7) is 3.86. The molecule has 0 heterocycles. The van der Waals surface area contributed by atoms with E-state index in [0.717, 1.165) is 5.75 Å². The van der Waals surface area contributed by atoms with Crippen LogP contribution in [0.25, 0.3) is 0 Å². The zero-order valence-electron chi connectivity index (χ0n) is 11.3. The molecule has 0 radical (unpaired) electrons. The largest absolute Gasteiger partial charge is 0.673 e. The lowest BCUT2D eigenvalue weighted by atomic mass is 10.3. The van der Waals surface area contributed by atoms with Crippen molar-refractivity contribution in [1.82, 2.24) is 0 Å². The van der Waals surface area contributed by atoms with Crippen molar-refractivity contribution < 1.29 is 17.3 Å². The van der Waals surface area contributed by atoms with E-state index >= 15 is 0 Å². The van der Waals surface area contributed by atoms with Crippen LogP contribution in [0.5, 0.6) is 0 Å². The molecule has 0 aliphatic carbocycles. The van der Waals surface area contributed by atoms with Crippen LogP contribution in [0.1, 0.15) is 0 Å². The van der Waals surface area contributed by atoms with Crippen molar-refractivity contribution in [3.8, 4) is 0 Å². The molecule has 0 aromatic heterocycles. The average molecular weight is 314 g/mol. The van der Waals surface area contributed by atoms with Crippen molar-refractivity contribution in [2.75, 3.05) is 5.75 Å². The lowest BCUT2D eigenvalue weighted by Crippen LogP contribution is -2.06. The molecule has 2 rings (SSSR count). The topological polar surface area (TPSA) is 0 Å². The predicted molar refractivity (Wildman–Crippen MR) is 82.0 cm³/mol. The fourth-order valence-electron chi connectivity index (χ4n) is 1.62. The van der Waals surface area contributed by atoms with Crippen LogP contribution in [0.2, 0.25) is 0 Å². The molecule has 112 valence electrons. The lowest BCUT2D eigenvalue weighted by molar-refractivity contribution is 0.368. The van der Waals surface area contributed by atoms with Gasteiger partial charge in [0.1, 0.15) is 5.75 Å². The van der Waals surface area contributed by atoms with E-state index in [1.165, 1.54) is 9.79 Å². The third-order valence-electron chi connectivity index (χ3n) is 2.34. The lowest BCUT2D eigenvalue weighted by Gasteiger charge is -2.05. The standard InChI is InChI=1S/C15H15S.BF4/c1-2-13-16(14-9-5-3-6-10-14)15-11-7-4-8-12-15;2-1(3,4)5/h2-12H,1,13H2;/q+1;-1. The normalized spacial score (nSPS) is 10.7. The maximum Gasteiger partial charge on any atom is 0.673 e. The van der Waals surface area contributed by atoms with Gasteiger partial charge in [-0.05, 0) is 30.3 Å². The van der Waals surface area contributed by atoms with E-state index in [-0.39, 0.29) is 10.9 Å². The third-order valence-corrected chi connectivity index (χ3v) is 4.59. The number of halogens is 4. The van der Waals surface area contributed by atoms with Gasteiger partial charge in [-0.15, -0.1) is 0 Å². The van der Waals surface area contributed by atoms with E-state index in [0.29, 0.717) is 0 Å². The van der Waals surface area contributed by atoms with E-state index in [1.807, 2.05) is 6.08 Å². The van der Waals surface area contributed by atoms with Gasteiger partial charge in [0, 0.05) is 0 Å². The van der Waals surface area contributed by atoms with Crippen molar-refractivity contribution in [1.29, 1.82) is 0 Å². The van der Waals surface area contributed by atoms with E-state index < -0.39 is 7.25 Å². The first-order valence-electron chi connectivity index (χ1n) is 6.21. The maximum atomic E-state index is 9.75. The number of hydrogen-bond donors (Lipinski definition) is 0. The molecule has 2 aromatic rings. The van der Waals surface area contributed by atoms with Crippen molar-refractivity contribution in [3.63, 3.8) is 0 Å². The second-order valence-corrected chi connectivity index (χ2v) is 6.02. The van der Waals surface area contributed by atoms with Crippen LogP contribution >= 0.6 is 0 Å². The molecule has 0 unspecified atom stereocenters. The molecule has 0 saturated heterocycles. The van der Waals surface area contributed by atoms with Crippen LogP contribution in [-0.4, -0.2) is 13.0 Å². The van der Waals surface area contributed by atoms with E-state index in [1.54, 1.807) is 0 Å². The molecule has 2 aromatic carbocycles. The summed E-state index contributed by atoms with van der Waals surface area (Å²) in [5.41, 5.74) is 0. The Morgan fingerprint density at radius 1 is 0.810 bits per heavy atom. The van der Waals surface area contributed by atoms with Crippen LogP contribution in [0, 0.1) is 0 Å². The Morgan fingerprint density at radius 3 is 1.43 bits per heavy atom. The summed E-state index contributed by atoms with van der Waals surface area (Å²) in [6, 6.07) is 21.3. The second kappa shape index (κ2) is 8.57. The molecule has 0 amide bonds. The van der Waals surface area contributed by atoms with Gasteiger partial charge in [-0.3, -0.25) is 0 Å². The molecule has 0 aliphatic rings. The minimum absolute atomic E-state index is 0.131. The highest BCUT2D eigenvalue weighted by molar-refractivity contribution is 7.97. The summed E-state index contributed by atoms with van der Waals surface area (Å²) < 4.78 is 39.0.